The Kier molecular flexibility index (Phi) is 10.8. The van der Waals surface area contributed by atoms with Crippen molar-refractivity contribution < 1.29 is 49.9 Å². The molecular weight excluding hydrogens is 243 g/mol. The van der Waals surface area contributed by atoms with E-state index in [1.165, 1.54) is 0 Å². The zero-order chi connectivity index (χ0) is 11.7. The molecule has 0 aliphatic heterocycles. The number of hydrogen-bond acceptors (Lipinski definition) is 7. The van der Waals surface area contributed by atoms with Crippen molar-refractivity contribution in [3.05, 3.63) is 0 Å². The van der Waals surface area contributed by atoms with E-state index in [0.717, 1.165) is 0 Å². The van der Waals surface area contributed by atoms with Crippen molar-refractivity contribution in [2.75, 3.05) is 6.61 Å². The third-order valence-electron chi connectivity index (χ3n) is 1.42. The van der Waals surface area contributed by atoms with E-state index >= 15 is 0 Å². The summed E-state index contributed by atoms with van der Waals surface area (Å²) in [4.78, 5) is 9.90. The summed E-state index contributed by atoms with van der Waals surface area (Å²) >= 11 is 2.31. The summed E-state index contributed by atoms with van der Waals surface area (Å²) in [6, 6.07) is 0. The molecule has 8 heteroatoms. The van der Waals surface area contributed by atoms with Gasteiger partial charge in [0.05, 0.1) is 6.61 Å². The molecule has 5 N–H and O–H groups in total. The molecule has 0 spiro atoms. The second kappa shape index (κ2) is 9.34. The molecule has 0 rings (SSSR count). The van der Waals surface area contributed by atoms with Gasteiger partial charge in [0.15, 0.2) is 6.29 Å². The van der Waals surface area contributed by atoms with Gasteiger partial charge in [-0.25, -0.2) is 0 Å². The van der Waals surface area contributed by atoms with Crippen LogP contribution in [0.4, 0.5) is 0 Å². The van der Waals surface area contributed by atoms with Gasteiger partial charge in [-0.15, -0.1) is 0 Å². The molecule has 0 unspecified atom stereocenters. The van der Waals surface area contributed by atoms with Crippen LogP contribution in [0.15, 0.2) is 0 Å². The standard InChI is InChI=1S/C6H12O6.Co.O/c7-1-3(9)5(11)6(12)4(10)2-8;;/h1,3-6,8-12H,2H2;;/t3-,4+,5+,6+;;/m0../s1. The molecule has 0 heterocycles. The molecule has 0 radical (unpaired) electrons. The van der Waals surface area contributed by atoms with E-state index in [-0.39, 0.29) is 6.29 Å². The van der Waals surface area contributed by atoms with Crippen LogP contribution in [-0.2, 0) is 24.3 Å². The van der Waals surface area contributed by atoms with Crippen molar-refractivity contribution in [3.8, 4) is 0 Å². The Morgan fingerprint density at radius 2 is 1.50 bits per heavy atom. The van der Waals surface area contributed by atoms with E-state index in [4.69, 9.17) is 29.4 Å². The number of carbonyl (C=O) groups is 1. The first kappa shape index (κ1) is 16.2. The van der Waals surface area contributed by atoms with E-state index in [1.807, 2.05) is 0 Å². The fourth-order valence-corrected chi connectivity index (χ4v) is 0.618. The Morgan fingerprint density at radius 1 is 1.07 bits per heavy atom. The van der Waals surface area contributed by atoms with Crippen molar-refractivity contribution in [2.45, 2.75) is 24.4 Å². The van der Waals surface area contributed by atoms with Crippen molar-refractivity contribution in [2.24, 2.45) is 0 Å². The molecule has 0 aliphatic rings. The number of rotatable bonds is 5. The maximum absolute atomic E-state index is 9.90. The average Bonchev–Trinajstić information content (AvgIpc) is 2.27. The topological polar surface area (TPSA) is 135 Å². The number of hydrogen-bond donors (Lipinski definition) is 5. The Hall–Kier alpha value is -0.224. The molecule has 0 saturated carbocycles. The van der Waals surface area contributed by atoms with E-state index in [1.54, 1.807) is 0 Å². The third kappa shape index (κ3) is 5.49. The monoisotopic (exact) mass is 255 g/mol. The Morgan fingerprint density at radius 3 is 1.79 bits per heavy atom. The molecule has 0 fully saturated rings. The van der Waals surface area contributed by atoms with Crippen LogP contribution in [0.1, 0.15) is 0 Å². The van der Waals surface area contributed by atoms with Gasteiger partial charge >= 0.3 is 19.5 Å². The van der Waals surface area contributed by atoms with Gasteiger partial charge in [0.1, 0.15) is 24.4 Å². The average molecular weight is 255 g/mol. The van der Waals surface area contributed by atoms with Gasteiger partial charge in [0.25, 0.3) is 0 Å². The summed E-state index contributed by atoms with van der Waals surface area (Å²) in [6.45, 7) is -0.760. The van der Waals surface area contributed by atoms with Crippen LogP contribution in [0, 0.1) is 0 Å². The molecule has 0 aromatic carbocycles. The zero-order valence-corrected chi connectivity index (χ0v) is 8.02. The van der Waals surface area contributed by atoms with E-state index in [0.29, 0.717) is 0 Å². The summed E-state index contributed by atoms with van der Waals surface area (Å²) in [7, 11) is 0. The van der Waals surface area contributed by atoms with Gasteiger partial charge in [0.2, 0.25) is 0 Å². The predicted molar refractivity (Wildman–Crippen MR) is 37.9 cm³/mol. The molecule has 0 amide bonds. The SMILES string of the molecule is O=C[C@H](O)[C@@H](O)[C@H](O)[C@H](O)CO.[O]=[Co]. The fraction of sp³-hybridized carbons (Fsp3) is 0.833. The van der Waals surface area contributed by atoms with Crippen LogP contribution in [0.3, 0.4) is 0 Å². The second-order valence-corrected chi connectivity index (χ2v) is 2.36. The summed E-state index contributed by atoms with van der Waals surface area (Å²) in [5.41, 5.74) is 0. The van der Waals surface area contributed by atoms with Crippen LogP contribution >= 0.6 is 0 Å². The van der Waals surface area contributed by atoms with Crippen LogP contribution in [0.5, 0.6) is 0 Å². The van der Waals surface area contributed by atoms with Gasteiger partial charge in [-0.2, -0.15) is 0 Å². The number of aliphatic hydroxyl groups excluding tert-OH is 5. The minimum atomic E-state index is -1.79. The molecule has 0 aliphatic carbocycles. The quantitative estimate of drug-likeness (QED) is 0.321. The number of aldehydes is 1. The molecule has 0 bridgehead atoms. The molecule has 4 atom stereocenters. The molecule has 87 valence electrons. The van der Waals surface area contributed by atoms with Crippen molar-refractivity contribution in [1.82, 2.24) is 0 Å². The first-order valence-corrected chi connectivity index (χ1v) is 3.89. The predicted octanol–water partition coefficient (Wildman–Crippen LogP) is -3.50. The Labute approximate surface area is 87.8 Å². The molecular formula is C6H12CoO7. The van der Waals surface area contributed by atoms with Crippen molar-refractivity contribution in [1.29, 1.82) is 0 Å². The molecule has 7 nitrogen and oxygen atoms in total. The summed E-state index contributed by atoms with van der Waals surface area (Å²) in [5.74, 6) is 0. The summed E-state index contributed by atoms with van der Waals surface area (Å²) < 4.78 is 7.94. The third-order valence-corrected chi connectivity index (χ3v) is 1.42. The van der Waals surface area contributed by atoms with E-state index in [9.17, 15) is 4.79 Å². The fourth-order valence-electron chi connectivity index (χ4n) is 0.618. The molecule has 0 saturated heterocycles. The maximum atomic E-state index is 9.90. The van der Waals surface area contributed by atoms with Crippen molar-refractivity contribution in [3.63, 3.8) is 0 Å². The number of carbonyl (C=O) groups excluding carboxylic acids is 1. The molecule has 0 aromatic heterocycles. The van der Waals surface area contributed by atoms with E-state index in [2.05, 4.69) is 15.7 Å². The summed E-state index contributed by atoms with van der Waals surface area (Å²) in [5, 5.41) is 43.5. The first-order valence-electron chi connectivity index (χ1n) is 3.46. The van der Waals surface area contributed by atoms with Crippen LogP contribution in [0.2, 0.25) is 0 Å². The number of aliphatic hydroxyl groups is 5. The van der Waals surface area contributed by atoms with Crippen LogP contribution < -0.4 is 0 Å². The van der Waals surface area contributed by atoms with Gasteiger partial charge in [-0.05, 0) is 0 Å². The van der Waals surface area contributed by atoms with Crippen LogP contribution in [-0.4, -0.2) is 62.8 Å². The first-order chi connectivity index (χ1) is 6.54. The normalized spacial score (nSPS) is 18.4. The van der Waals surface area contributed by atoms with Gasteiger partial charge < -0.3 is 30.3 Å². The van der Waals surface area contributed by atoms with Gasteiger partial charge in [-0.1, -0.05) is 0 Å². The van der Waals surface area contributed by atoms with Gasteiger partial charge in [0, 0.05) is 0 Å². The van der Waals surface area contributed by atoms with Crippen molar-refractivity contribution >= 4 is 6.29 Å². The van der Waals surface area contributed by atoms with Gasteiger partial charge in [-0.3, -0.25) is 0 Å². The second-order valence-electron chi connectivity index (χ2n) is 2.36. The Balaban J connectivity index is 0. The molecule has 0 aromatic rings. The zero-order valence-electron chi connectivity index (χ0n) is 6.98. The molecule has 14 heavy (non-hydrogen) atoms. The minimum absolute atomic E-state index is 0.0258. The van der Waals surface area contributed by atoms with Crippen LogP contribution in [0.25, 0.3) is 0 Å². The van der Waals surface area contributed by atoms with E-state index < -0.39 is 31.0 Å². The Bertz CT molecular complexity index is 155. The summed E-state index contributed by atoms with van der Waals surface area (Å²) in [6.07, 6.45) is -6.84.